The molecule has 0 saturated heterocycles. The minimum atomic E-state index is -0.362. The fourth-order valence-corrected chi connectivity index (χ4v) is 4.17. The van der Waals surface area contributed by atoms with Crippen molar-refractivity contribution in [1.82, 2.24) is 9.55 Å². The number of rotatable bonds is 3. The van der Waals surface area contributed by atoms with Crippen LogP contribution in [0.15, 0.2) is 83.7 Å². The van der Waals surface area contributed by atoms with Crippen LogP contribution >= 0.6 is 0 Å². The fraction of sp³-hybridized carbons (Fsp3) is 0.125. The van der Waals surface area contributed by atoms with Crippen molar-refractivity contribution in [1.29, 1.82) is 0 Å². The number of para-hydroxylation sites is 3. The van der Waals surface area contributed by atoms with Gasteiger partial charge in [-0.3, -0.25) is 14.2 Å². The number of carbonyl (C=O) groups is 1. The van der Waals surface area contributed by atoms with E-state index in [0.29, 0.717) is 17.6 Å². The second-order valence-electron chi connectivity index (χ2n) is 7.23. The van der Waals surface area contributed by atoms with Gasteiger partial charge in [-0.2, -0.15) is 4.98 Å². The van der Waals surface area contributed by atoms with Gasteiger partial charge in [-0.15, -0.1) is 0 Å². The van der Waals surface area contributed by atoms with Crippen LogP contribution in [0.4, 0.5) is 5.69 Å². The Morgan fingerprint density at radius 3 is 2.38 bits per heavy atom. The number of anilines is 1. The number of hydrogen-bond acceptors (Lipinski definition) is 3. The Kier molecular flexibility index (Phi) is 4.02. The topological polar surface area (TPSA) is 55.2 Å². The van der Waals surface area contributed by atoms with Crippen LogP contribution in [0, 0.1) is 0 Å². The van der Waals surface area contributed by atoms with Crippen molar-refractivity contribution in [3.8, 4) is 5.69 Å². The highest BCUT2D eigenvalue weighted by Gasteiger charge is 2.36. The Bertz CT molecular complexity index is 1290. The largest absolute Gasteiger partial charge is 0.315 e. The standard InChI is InChI=1S/C24H19N3O2/c1-26-20-13-7-5-11-17(20)19(24(26)29)15-22-25-23(28)18-12-6-8-14-21(18)27(22)16-9-3-2-4-10-16/h2-14,19H,15H2,1H3. The Morgan fingerprint density at radius 1 is 0.862 bits per heavy atom. The van der Waals surface area contributed by atoms with Crippen LogP contribution in [0.25, 0.3) is 16.6 Å². The third kappa shape index (κ3) is 2.74. The maximum absolute atomic E-state index is 13.0. The van der Waals surface area contributed by atoms with Crippen molar-refractivity contribution in [3.63, 3.8) is 0 Å². The minimum Gasteiger partial charge on any atom is -0.315 e. The number of likely N-dealkylation sites (N-methyl/N-ethyl adjacent to an activating group) is 1. The molecule has 1 atom stereocenters. The summed E-state index contributed by atoms with van der Waals surface area (Å²) in [6, 6.07) is 25.1. The Morgan fingerprint density at radius 2 is 1.55 bits per heavy atom. The van der Waals surface area contributed by atoms with Crippen LogP contribution in [0.3, 0.4) is 0 Å². The Labute approximate surface area is 167 Å². The van der Waals surface area contributed by atoms with Crippen LogP contribution in [-0.2, 0) is 11.2 Å². The van der Waals surface area contributed by atoms with Gasteiger partial charge in [0.1, 0.15) is 5.82 Å². The molecule has 5 nitrogen and oxygen atoms in total. The number of fused-ring (bicyclic) bond motifs is 2. The van der Waals surface area contributed by atoms with E-state index in [1.54, 1.807) is 18.0 Å². The molecule has 0 aliphatic carbocycles. The average molecular weight is 381 g/mol. The van der Waals surface area contributed by atoms with Crippen LogP contribution in [0.2, 0.25) is 0 Å². The first-order chi connectivity index (χ1) is 14.1. The van der Waals surface area contributed by atoms with Crippen LogP contribution in [-0.4, -0.2) is 22.5 Å². The molecule has 0 radical (unpaired) electrons. The lowest BCUT2D eigenvalue weighted by molar-refractivity contribution is -0.119. The zero-order valence-corrected chi connectivity index (χ0v) is 15.9. The molecule has 0 bridgehead atoms. The number of nitrogens with zero attached hydrogens (tertiary/aromatic N) is 3. The fourth-order valence-electron chi connectivity index (χ4n) is 4.17. The highest BCUT2D eigenvalue weighted by atomic mass is 16.2. The molecular weight excluding hydrogens is 362 g/mol. The van der Waals surface area contributed by atoms with Crippen molar-refractivity contribution in [2.75, 3.05) is 11.9 Å². The number of hydrogen-bond donors (Lipinski definition) is 0. The molecule has 0 fully saturated rings. The Hall–Kier alpha value is -3.73. The molecule has 4 aromatic rings. The summed E-state index contributed by atoms with van der Waals surface area (Å²) in [6.45, 7) is 0. The molecule has 0 N–H and O–H groups in total. The van der Waals surface area contributed by atoms with E-state index in [2.05, 4.69) is 4.98 Å². The lowest BCUT2D eigenvalue weighted by Gasteiger charge is -2.18. The predicted molar refractivity (Wildman–Crippen MR) is 114 cm³/mol. The second kappa shape index (κ2) is 6.71. The van der Waals surface area contributed by atoms with Crippen molar-refractivity contribution in [2.24, 2.45) is 0 Å². The highest BCUT2D eigenvalue weighted by Crippen LogP contribution is 2.38. The van der Waals surface area contributed by atoms with Gasteiger partial charge >= 0.3 is 0 Å². The van der Waals surface area contributed by atoms with Crippen LogP contribution < -0.4 is 10.5 Å². The van der Waals surface area contributed by atoms with Gasteiger partial charge in [0.25, 0.3) is 5.56 Å². The van der Waals surface area contributed by atoms with Crippen molar-refractivity contribution in [2.45, 2.75) is 12.3 Å². The zero-order chi connectivity index (χ0) is 20.0. The average Bonchev–Trinajstić information content (AvgIpc) is 3.00. The van der Waals surface area contributed by atoms with Crippen LogP contribution in [0.5, 0.6) is 0 Å². The maximum Gasteiger partial charge on any atom is 0.280 e. The summed E-state index contributed by atoms with van der Waals surface area (Å²) in [5.41, 5.74) is 3.33. The van der Waals surface area contributed by atoms with E-state index in [1.807, 2.05) is 77.4 Å². The van der Waals surface area contributed by atoms with E-state index in [0.717, 1.165) is 22.5 Å². The van der Waals surface area contributed by atoms with Gasteiger partial charge in [-0.05, 0) is 35.9 Å². The summed E-state index contributed by atoms with van der Waals surface area (Å²) >= 11 is 0. The molecule has 0 spiro atoms. The molecule has 5 heteroatoms. The number of carbonyl (C=O) groups excluding carboxylic acids is 1. The molecule has 29 heavy (non-hydrogen) atoms. The maximum atomic E-state index is 13.0. The molecule has 1 aliphatic rings. The molecular formula is C24H19N3O2. The zero-order valence-electron chi connectivity index (χ0n) is 15.9. The number of amides is 1. The summed E-state index contributed by atoms with van der Waals surface area (Å²) in [6.07, 6.45) is 0.356. The summed E-state index contributed by atoms with van der Waals surface area (Å²) in [5.74, 6) is 0.246. The van der Waals surface area contributed by atoms with Crippen molar-refractivity contribution < 1.29 is 4.79 Å². The molecule has 5 rings (SSSR count). The highest BCUT2D eigenvalue weighted by molar-refractivity contribution is 6.04. The summed E-state index contributed by atoms with van der Waals surface area (Å²) in [5, 5.41) is 0.565. The van der Waals surface area contributed by atoms with Gasteiger partial charge in [-0.1, -0.05) is 48.5 Å². The van der Waals surface area contributed by atoms with Gasteiger partial charge < -0.3 is 4.90 Å². The quantitative estimate of drug-likeness (QED) is 0.544. The summed E-state index contributed by atoms with van der Waals surface area (Å²) in [4.78, 5) is 31.8. The normalized spacial score (nSPS) is 15.7. The molecule has 1 aromatic heterocycles. The molecule has 1 amide bonds. The number of benzene rings is 3. The molecule has 2 heterocycles. The predicted octanol–water partition coefficient (Wildman–Crippen LogP) is 3.69. The van der Waals surface area contributed by atoms with Gasteiger partial charge in [-0.25, -0.2) is 0 Å². The molecule has 1 unspecified atom stereocenters. The van der Waals surface area contributed by atoms with E-state index < -0.39 is 0 Å². The minimum absolute atomic E-state index is 0.0215. The monoisotopic (exact) mass is 381 g/mol. The SMILES string of the molecule is CN1C(=O)C(Cc2nc(=O)c3ccccc3n2-c2ccccc2)c2ccccc21. The molecule has 0 saturated carbocycles. The summed E-state index contributed by atoms with van der Waals surface area (Å²) in [7, 11) is 1.79. The third-order valence-corrected chi connectivity index (χ3v) is 5.57. The first-order valence-electron chi connectivity index (χ1n) is 9.58. The smallest absolute Gasteiger partial charge is 0.280 e. The van der Waals surface area contributed by atoms with Gasteiger partial charge in [0.2, 0.25) is 5.91 Å². The lowest BCUT2D eigenvalue weighted by atomic mass is 9.96. The van der Waals surface area contributed by atoms with Gasteiger partial charge in [0, 0.05) is 24.8 Å². The first-order valence-corrected chi connectivity index (χ1v) is 9.58. The van der Waals surface area contributed by atoms with Gasteiger partial charge in [0.15, 0.2) is 0 Å². The second-order valence-corrected chi connectivity index (χ2v) is 7.23. The van der Waals surface area contributed by atoms with E-state index in [4.69, 9.17) is 0 Å². The Balaban J connectivity index is 1.72. The first kappa shape index (κ1) is 17.4. The van der Waals surface area contributed by atoms with E-state index in [-0.39, 0.29) is 17.4 Å². The van der Waals surface area contributed by atoms with E-state index in [1.165, 1.54) is 0 Å². The molecule has 1 aliphatic heterocycles. The third-order valence-electron chi connectivity index (χ3n) is 5.57. The lowest BCUT2D eigenvalue weighted by Crippen LogP contribution is -2.27. The van der Waals surface area contributed by atoms with Gasteiger partial charge in [0.05, 0.1) is 16.8 Å². The van der Waals surface area contributed by atoms with E-state index in [9.17, 15) is 9.59 Å². The van der Waals surface area contributed by atoms with Crippen molar-refractivity contribution >= 4 is 22.5 Å². The van der Waals surface area contributed by atoms with Crippen molar-refractivity contribution in [3.05, 3.63) is 101 Å². The molecule has 142 valence electrons. The van der Waals surface area contributed by atoms with Crippen LogP contribution in [0.1, 0.15) is 17.3 Å². The molecule has 3 aromatic carbocycles. The number of aromatic nitrogens is 2. The summed E-state index contributed by atoms with van der Waals surface area (Å²) < 4.78 is 1.99. The van der Waals surface area contributed by atoms with E-state index >= 15 is 0 Å².